The van der Waals surface area contributed by atoms with Gasteiger partial charge in [-0.2, -0.15) is 0 Å². The van der Waals surface area contributed by atoms with Gasteiger partial charge in [-0.25, -0.2) is 4.79 Å². The minimum absolute atomic E-state index is 0.440. The summed E-state index contributed by atoms with van der Waals surface area (Å²) in [5, 5.41) is 4.95. The Morgan fingerprint density at radius 3 is 2.29 bits per heavy atom. The monoisotopic (exact) mass is 212 g/mol. The summed E-state index contributed by atoms with van der Waals surface area (Å²) in [4.78, 5) is 11.2. The number of para-hydroxylation sites is 1. The highest BCUT2D eigenvalue weighted by atomic mass is 31.2. The van der Waals surface area contributed by atoms with E-state index in [2.05, 4.69) is 10.4 Å². The highest BCUT2D eigenvalue weighted by molar-refractivity contribution is 7.61. The number of rotatable bonds is 2. The van der Waals surface area contributed by atoms with Gasteiger partial charge in [-0.1, -0.05) is 18.2 Å². The molecular formula is C9H13N2O2P. The molecule has 1 aromatic carbocycles. The van der Waals surface area contributed by atoms with Gasteiger partial charge >= 0.3 is 6.03 Å². The number of anilines is 1. The molecule has 0 bridgehead atoms. The van der Waals surface area contributed by atoms with Crippen LogP contribution in [-0.2, 0) is 4.57 Å². The number of benzene rings is 1. The Balaban J connectivity index is 2.55. The van der Waals surface area contributed by atoms with Crippen LogP contribution < -0.4 is 10.4 Å². The Hall–Kier alpha value is -1.28. The number of amides is 2. The third-order valence-electron chi connectivity index (χ3n) is 1.40. The van der Waals surface area contributed by atoms with E-state index in [9.17, 15) is 9.36 Å². The molecular weight excluding hydrogens is 199 g/mol. The van der Waals surface area contributed by atoms with Crippen LogP contribution in [0, 0.1) is 0 Å². The third-order valence-corrected chi connectivity index (χ3v) is 2.14. The topological polar surface area (TPSA) is 58.2 Å². The normalized spacial score (nSPS) is 10.7. The van der Waals surface area contributed by atoms with Crippen molar-refractivity contribution in [1.82, 2.24) is 5.09 Å². The van der Waals surface area contributed by atoms with Gasteiger partial charge in [0, 0.05) is 19.0 Å². The molecule has 1 aromatic rings. The first-order valence-electron chi connectivity index (χ1n) is 4.17. The summed E-state index contributed by atoms with van der Waals surface area (Å²) in [5.41, 5.74) is 0.679. The van der Waals surface area contributed by atoms with Gasteiger partial charge in [0.1, 0.15) is 0 Å². The van der Waals surface area contributed by atoms with Crippen LogP contribution in [0.3, 0.4) is 0 Å². The number of carbonyl (C=O) groups is 1. The lowest BCUT2D eigenvalue weighted by molar-refractivity contribution is 0.256. The van der Waals surface area contributed by atoms with E-state index in [1.807, 2.05) is 18.2 Å². The summed E-state index contributed by atoms with van der Waals surface area (Å²) in [6, 6.07) is 8.56. The van der Waals surface area contributed by atoms with Gasteiger partial charge in [0.05, 0.1) is 0 Å². The third kappa shape index (κ3) is 4.10. The van der Waals surface area contributed by atoms with Crippen molar-refractivity contribution in [2.75, 3.05) is 18.6 Å². The van der Waals surface area contributed by atoms with Crippen molar-refractivity contribution in [3.05, 3.63) is 30.3 Å². The van der Waals surface area contributed by atoms with Crippen molar-refractivity contribution >= 4 is 19.0 Å². The second-order valence-corrected chi connectivity index (χ2v) is 6.21. The van der Waals surface area contributed by atoms with Gasteiger partial charge in [-0.15, -0.1) is 0 Å². The number of urea groups is 1. The maximum absolute atomic E-state index is 11.2. The second kappa shape index (κ2) is 4.29. The molecule has 0 aromatic heterocycles. The van der Waals surface area contributed by atoms with Gasteiger partial charge in [-0.3, -0.25) is 5.09 Å². The minimum atomic E-state index is -2.52. The zero-order chi connectivity index (χ0) is 10.6. The maximum Gasteiger partial charge on any atom is 0.324 e. The molecule has 0 saturated heterocycles. The summed E-state index contributed by atoms with van der Waals surface area (Å²) in [6.45, 7) is 3.00. The molecule has 1 rings (SSSR count). The van der Waals surface area contributed by atoms with Crippen molar-refractivity contribution in [2.24, 2.45) is 0 Å². The van der Waals surface area contributed by atoms with Gasteiger partial charge in [0.25, 0.3) is 0 Å². The fourth-order valence-electron chi connectivity index (χ4n) is 0.925. The quantitative estimate of drug-likeness (QED) is 0.739. The largest absolute Gasteiger partial charge is 0.324 e. The fourth-order valence-corrected chi connectivity index (χ4v) is 1.47. The van der Waals surface area contributed by atoms with Gasteiger partial charge < -0.3 is 9.88 Å². The van der Waals surface area contributed by atoms with E-state index in [1.165, 1.54) is 13.3 Å². The van der Waals surface area contributed by atoms with Crippen molar-refractivity contribution in [3.63, 3.8) is 0 Å². The number of nitrogens with one attached hydrogen (secondary N) is 2. The molecule has 4 nitrogen and oxygen atoms in total. The van der Waals surface area contributed by atoms with Crippen molar-refractivity contribution in [3.8, 4) is 0 Å². The first-order chi connectivity index (χ1) is 6.47. The van der Waals surface area contributed by atoms with Crippen LogP contribution >= 0.6 is 7.29 Å². The first-order valence-corrected chi connectivity index (χ1v) is 6.77. The summed E-state index contributed by atoms with van der Waals surface area (Å²) in [5.74, 6) is 0. The molecule has 2 N–H and O–H groups in total. The Morgan fingerprint density at radius 2 is 1.79 bits per heavy atom. The van der Waals surface area contributed by atoms with Gasteiger partial charge in [0.2, 0.25) is 0 Å². The number of hydrogen-bond donors (Lipinski definition) is 2. The predicted octanol–water partition coefficient (Wildman–Crippen LogP) is 2.35. The molecule has 0 aliphatic carbocycles. The average Bonchev–Trinajstić information content (AvgIpc) is 2.02. The second-order valence-electron chi connectivity index (χ2n) is 3.28. The van der Waals surface area contributed by atoms with Crippen molar-refractivity contribution in [2.45, 2.75) is 0 Å². The maximum atomic E-state index is 11.2. The Morgan fingerprint density at radius 1 is 1.21 bits per heavy atom. The molecule has 0 atom stereocenters. The summed E-state index contributed by atoms with van der Waals surface area (Å²) in [6.07, 6.45) is 0. The van der Waals surface area contributed by atoms with Crippen LogP contribution in [0.1, 0.15) is 0 Å². The summed E-state index contributed by atoms with van der Waals surface area (Å²) >= 11 is 0. The van der Waals surface area contributed by atoms with Crippen LogP contribution in [0.4, 0.5) is 10.5 Å². The Labute approximate surface area is 83.1 Å². The lowest BCUT2D eigenvalue weighted by atomic mass is 10.3. The highest BCUT2D eigenvalue weighted by Gasteiger charge is 2.10. The van der Waals surface area contributed by atoms with E-state index in [-0.39, 0.29) is 0 Å². The van der Waals surface area contributed by atoms with Crippen molar-refractivity contribution < 1.29 is 9.36 Å². The van der Waals surface area contributed by atoms with E-state index in [0.717, 1.165) is 0 Å². The number of carbonyl (C=O) groups excluding carboxylic acids is 1. The van der Waals surface area contributed by atoms with E-state index in [1.54, 1.807) is 12.1 Å². The molecule has 0 saturated carbocycles. The van der Waals surface area contributed by atoms with E-state index >= 15 is 0 Å². The van der Waals surface area contributed by atoms with E-state index in [0.29, 0.717) is 5.69 Å². The molecule has 5 heteroatoms. The van der Waals surface area contributed by atoms with E-state index < -0.39 is 13.3 Å². The lowest BCUT2D eigenvalue weighted by Gasteiger charge is -2.10. The van der Waals surface area contributed by atoms with E-state index in [4.69, 9.17) is 0 Å². The lowest BCUT2D eigenvalue weighted by Crippen LogP contribution is -2.25. The predicted molar refractivity (Wildman–Crippen MR) is 58.1 cm³/mol. The molecule has 0 unspecified atom stereocenters. The average molecular weight is 212 g/mol. The molecule has 0 aliphatic heterocycles. The highest BCUT2D eigenvalue weighted by Crippen LogP contribution is 2.29. The van der Waals surface area contributed by atoms with Crippen LogP contribution in [0.25, 0.3) is 0 Å². The molecule has 0 fully saturated rings. The number of hydrogen-bond acceptors (Lipinski definition) is 2. The summed E-state index contributed by atoms with van der Waals surface area (Å²) < 4.78 is 11.2. The molecule has 14 heavy (non-hydrogen) atoms. The molecule has 76 valence electrons. The Kier molecular flexibility index (Phi) is 3.31. The van der Waals surface area contributed by atoms with Crippen LogP contribution in [0.15, 0.2) is 30.3 Å². The smallest absolute Gasteiger partial charge is 0.308 e. The molecule has 0 spiro atoms. The zero-order valence-electron chi connectivity index (χ0n) is 8.15. The van der Waals surface area contributed by atoms with Gasteiger partial charge in [0.15, 0.2) is 7.29 Å². The fraction of sp³-hybridized carbons (Fsp3) is 0.222. The Bertz CT molecular complexity index is 358. The standard InChI is InChI=1S/C9H13N2O2P/c1-14(2,13)11-9(12)10-8-6-4-3-5-7-8/h3-7H,1-2H3,(H2,10,11,12,13). The van der Waals surface area contributed by atoms with Gasteiger partial charge in [-0.05, 0) is 12.1 Å². The molecule has 0 radical (unpaired) electrons. The van der Waals surface area contributed by atoms with Crippen LogP contribution in [0.2, 0.25) is 0 Å². The first kappa shape index (κ1) is 10.8. The molecule has 0 heterocycles. The van der Waals surface area contributed by atoms with Crippen molar-refractivity contribution in [1.29, 1.82) is 0 Å². The zero-order valence-corrected chi connectivity index (χ0v) is 9.04. The molecule has 0 aliphatic rings. The van der Waals surface area contributed by atoms with Crippen LogP contribution in [0.5, 0.6) is 0 Å². The minimum Gasteiger partial charge on any atom is -0.308 e. The SMILES string of the molecule is CP(C)(=O)NC(=O)Nc1ccccc1. The summed E-state index contributed by atoms with van der Waals surface area (Å²) in [7, 11) is -2.52. The molecule has 2 amide bonds. The van der Waals surface area contributed by atoms with Crippen LogP contribution in [-0.4, -0.2) is 19.4 Å².